The normalized spacial score (nSPS) is 10.7. The summed E-state index contributed by atoms with van der Waals surface area (Å²) in [5.41, 5.74) is 1.59. The standard InChI is InChI=1S/2C3H2Cl2O2.Cd/c2*4-1-2(5)3(6)7;/h2*1H,(H,6,7);. The van der Waals surface area contributed by atoms with Gasteiger partial charge in [0, 0.05) is 38.4 Å². The SMILES string of the molecule is O=C(O)C(Cl)=CCl.O=C(O)C(Cl)=CCl.[Cd]. The molecular weight excluding hydrogens is 390 g/mol. The molecule has 0 fully saturated rings. The van der Waals surface area contributed by atoms with Crippen LogP contribution in [0.3, 0.4) is 0 Å². The van der Waals surface area contributed by atoms with Crippen LogP contribution in [0.4, 0.5) is 0 Å². The van der Waals surface area contributed by atoms with E-state index in [0.717, 1.165) is 11.1 Å². The van der Waals surface area contributed by atoms with E-state index in [1.807, 2.05) is 0 Å². The molecule has 4 nitrogen and oxygen atoms in total. The monoisotopic (exact) mass is 394 g/mol. The molecular formula is C6H4CdCl4O4. The number of carbonyl (C=O) groups is 2. The van der Waals surface area contributed by atoms with Gasteiger partial charge in [0.15, 0.2) is 0 Å². The summed E-state index contributed by atoms with van der Waals surface area (Å²) in [6.07, 6.45) is 0. The van der Waals surface area contributed by atoms with Crippen molar-refractivity contribution in [3.05, 3.63) is 21.1 Å². The molecule has 2 N–H and O–H groups in total. The molecule has 0 aromatic heterocycles. The first-order chi connectivity index (χ1) is 6.36. The van der Waals surface area contributed by atoms with E-state index in [1.165, 1.54) is 0 Å². The maximum absolute atomic E-state index is 9.65. The van der Waals surface area contributed by atoms with E-state index in [1.54, 1.807) is 0 Å². The first-order valence-electron chi connectivity index (χ1n) is 2.75. The second-order valence-corrected chi connectivity index (χ2v) is 2.78. The number of halogens is 4. The minimum Gasteiger partial charge on any atom is -0.477 e. The van der Waals surface area contributed by atoms with Crippen molar-refractivity contribution >= 4 is 58.3 Å². The molecule has 0 spiro atoms. The van der Waals surface area contributed by atoms with Crippen LogP contribution in [0.15, 0.2) is 21.1 Å². The maximum Gasteiger partial charge on any atom is 0.348 e. The van der Waals surface area contributed by atoms with Crippen LogP contribution in [0.5, 0.6) is 0 Å². The van der Waals surface area contributed by atoms with Crippen molar-refractivity contribution in [2.45, 2.75) is 0 Å². The Bertz CT molecular complexity index is 248. The zero-order valence-electron chi connectivity index (χ0n) is 7.08. The molecule has 0 atom stereocenters. The Balaban J connectivity index is -0.000000180. The Morgan fingerprint density at radius 3 is 1.07 bits per heavy atom. The van der Waals surface area contributed by atoms with E-state index >= 15 is 0 Å². The van der Waals surface area contributed by atoms with Gasteiger partial charge in [-0.05, 0) is 0 Å². The van der Waals surface area contributed by atoms with E-state index in [2.05, 4.69) is 0 Å². The summed E-state index contributed by atoms with van der Waals surface area (Å²) in [4.78, 5) is 19.3. The number of aliphatic carboxylic acids is 2. The van der Waals surface area contributed by atoms with Gasteiger partial charge in [-0.3, -0.25) is 0 Å². The van der Waals surface area contributed by atoms with Gasteiger partial charge in [0.05, 0.1) is 0 Å². The molecule has 0 aromatic rings. The molecule has 0 bridgehead atoms. The van der Waals surface area contributed by atoms with E-state index in [9.17, 15) is 9.59 Å². The second-order valence-electron chi connectivity index (χ2n) is 1.52. The van der Waals surface area contributed by atoms with Crippen molar-refractivity contribution in [2.75, 3.05) is 0 Å². The molecule has 0 rings (SSSR count). The van der Waals surface area contributed by atoms with Crippen LogP contribution in [0.25, 0.3) is 0 Å². The fourth-order valence-electron chi connectivity index (χ4n) is 0.0933. The average Bonchev–Trinajstić information content (AvgIpc) is 2.15. The predicted molar refractivity (Wildman–Crippen MR) is 54.8 cm³/mol. The molecule has 0 aliphatic carbocycles. The van der Waals surface area contributed by atoms with Crippen molar-refractivity contribution in [3.8, 4) is 0 Å². The van der Waals surface area contributed by atoms with Crippen LogP contribution in [0, 0.1) is 0 Å². The first-order valence-corrected chi connectivity index (χ1v) is 4.38. The quantitative estimate of drug-likeness (QED) is 0.558. The smallest absolute Gasteiger partial charge is 0.348 e. The number of hydrogen-bond donors (Lipinski definition) is 2. The van der Waals surface area contributed by atoms with E-state index in [0.29, 0.717) is 0 Å². The number of carboxylic acids is 2. The average molecular weight is 394 g/mol. The van der Waals surface area contributed by atoms with E-state index in [-0.39, 0.29) is 37.4 Å². The van der Waals surface area contributed by atoms with Crippen LogP contribution >= 0.6 is 46.4 Å². The molecule has 0 saturated carbocycles. The summed E-state index contributed by atoms with van der Waals surface area (Å²) >= 11 is 19.6. The van der Waals surface area contributed by atoms with Crippen LogP contribution < -0.4 is 0 Å². The predicted octanol–water partition coefficient (Wildman–Crippen LogP) is 2.78. The summed E-state index contributed by atoms with van der Waals surface area (Å²) in [6, 6.07) is 0. The van der Waals surface area contributed by atoms with Crippen LogP contribution in [0.1, 0.15) is 0 Å². The van der Waals surface area contributed by atoms with Gasteiger partial charge in [-0.15, -0.1) is 0 Å². The molecule has 0 unspecified atom stereocenters. The summed E-state index contributed by atoms with van der Waals surface area (Å²) in [6.45, 7) is 0. The zero-order chi connectivity index (χ0) is 11.7. The molecule has 0 heterocycles. The molecule has 0 radical (unpaired) electrons. The largest absolute Gasteiger partial charge is 0.477 e. The van der Waals surface area contributed by atoms with Gasteiger partial charge in [0.2, 0.25) is 0 Å². The van der Waals surface area contributed by atoms with Crippen molar-refractivity contribution < 1.29 is 47.1 Å². The van der Waals surface area contributed by atoms with Gasteiger partial charge >= 0.3 is 11.9 Å². The van der Waals surface area contributed by atoms with Crippen LogP contribution in [-0.4, -0.2) is 22.2 Å². The zero-order valence-corrected chi connectivity index (χ0v) is 14.1. The van der Waals surface area contributed by atoms with Crippen LogP contribution in [-0.2, 0) is 36.9 Å². The summed E-state index contributed by atoms with van der Waals surface area (Å²) < 4.78 is 0. The maximum atomic E-state index is 9.65. The van der Waals surface area contributed by atoms with Crippen molar-refractivity contribution in [1.82, 2.24) is 0 Å². The summed E-state index contributed by atoms with van der Waals surface area (Å²) in [5.74, 6) is -2.42. The van der Waals surface area contributed by atoms with Crippen molar-refractivity contribution in [1.29, 1.82) is 0 Å². The Kier molecular flexibility index (Phi) is 17.5. The van der Waals surface area contributed by atoms with Crippen LogP contribution in [0.2, 0.25) is 0 Å². The Hall–Kier alpha value is 0.502. The molecule has 0 amide bonds. The second kappa shape index (κ2) is 12.6. The molecule has 9 heteroatoms. The van der Waals surface area contributed by atoms with Crippen molar-refractivity contribution in [2.24, 2.45) is 0 Å². The number of carboxylic acid groups (broad SMARTS) is 2. The van der Waals surface area contributed by atoms with Gasteiger partial charge in [-0.25, -0.2) is 9.59 Å². The molecule has 15 heavy (non-hydrogen) atoms. The third kappa shape index (κ3) is 14.5. The van der Waals surface area contributed by atoms with Gasteiger partial charge < -0.3 is 10.2 Å². The molecule has 0 aromatic carbocycles. The Labute approximate surface area is 126 Å². The van der Waals surface area contributed by atoms with Crippen molar-refractivity contribution in [3.63, 3.8) is 0 Å². The minimum absolute atomic E-state index is 0. The first kappa shape index (κ1) is 20.9. The summed E-state index contributed by atoms with van der Waals surface area (Å²) in [7, 11) is 0. The fraction of sp³-hybridized carbons (Fsp3) is 0. The molecule has 82 valence electrons. The third-order valence-corrected chi connectivity index (χ3v) is 1.80. The van der Waals surface area contributed by atoms with Gasteiger partial charge in [0.1, 0.15) is 10.1 Å². The Morgan fingerprint density at radius 2 is 1.07 bits per heavy atom. The van der Waals surface area contributed by atoms with Gasteiger partial charge in [-0.2, -0.15) is 0 Å². The van der Waals surface area contributed by atoms with E-state index < -0.39 is 11.9 Å². The van der Waals surface area contributed by atoms with Gasteiger partial charge in [0.25, 0.3) is 0 Å². The fourth-order valence-corrected chi connectivity index (χ4v) is 0.280. The number of hydrogen-bond acceptors (Lipinski definition) is 2. The number of rotatable bonds is 2. The summed E-state index contributed by atoms with van der Waals surface area (Å²) in [5, 5.41) is 15.0. The third-order valence-electron chi connectivity index (χ3n) is 0.600. The molecule has 0 saturated heterocycles. The van der Waals surface area contributed by atoms with E-state index in [4.69, 9.17) is 56.6 Å². The Morgan fingerprint density at radius 1 is 0.867 bits per heavy atom. The minimum atomic E-state index is -1.21. The molecule has 0 aliphatic heterocycles. The van der Waals surface area contributed by atoms with Gasteiger partial charge in [-0.1, -0.05) is 46.4 Å². The topological polar surface area (TPSA) is 74.6 Å². The molecule has 0 aliphatic rings.